The first-order valence-electron chi connectivity index (χ1n) is 4.70. The minimum absolute atomic E-state index is 0.0786. The van der Waals surface area contributed by atoms with Gasteiger partial charge in [0.05, 0.1) is 5.56 Å². The zero-order valence-electron chi connectivity index (χ0n) is 8.92. The summed E-state index contributed by atoms with van der Waals surface area (Å²) >= 11 is 2.98. The smallest absolute Gasteiger partial charge is 0.192 e. The SMILES string of the molecule is N#CC(C#N)=Cc1ccc(CBr)c(C(F)(F)F)c1. The molecule has 0 aromatic heterocycles. The highest BCUT2D eigenvalue weighted by Crippen LogP contribution is 2.34. The number of nitriles is 2. The van der Waals surface area contributed by atoms with Crippen LogP contribution in [0.15, 0.2) is 23.8 Å². The number of rotatable bonds is 2. The van der Waals surface area contributed by atoms with Crippen LogP contribution >= 0.6 is 15.9 Å². The lowest BCUT2D eigenvalue weighted by atomic mass is 10.0. The summed E-state index contributed by atoms with van der Waals surface area (Å²) in [6.07, 6.45) is -3.35. The standard InChI is InChI=1S/C12H6BrF3N2/c13-5-10-2-1-8(3-9(6-17)7-18)4-11(10)12(14,15)16/h1-4H,5H2. The van der Waals surface area contributed by atoms with Crippen molar-refractivity contribution < 1.29 is 13.2 Å². The highest BCUT2D eigenvalue weighted by atomic mass is 79.9. The molecule has 0 saturated heterocycles. The van der Waals surface area contributed by atoms with Gasteiger partial charge in [-0.15, -0.1) is 0 Å². The van der Waals surface area contributed by atoms with Gasteiger partial charge in [0.15, 0.2) is 0 Å². The molecule has 0 aliphatic heterocycles. The molecule has 18 heavy (non-hydrogen) atoms. The molecule has 0 fully saturated rings. The number of allylic oxidation sites excluding steroid dienone is 1. The van der Waals surface area contributed by atoms with Crippen LogP contribution in [0, 0.1) is 22.7 Å². The van der Waals surface area contributed by atoms with Crippen molar-refractivity contribution in [2.75, 3.05) is 0 Å². The summed E-state index contributed by atoms with van der Waals surface area (Å²) in [7, 11) is 0. The largest absolute Gasteiger partial charge is 0.416 e. The lowest BCUT2D eigenvalue weighted by molar-refractivity contribution is -0.138. The molecular weight excluding hydrogens is 309 g/mol. The van der Waals surface area contributed by atoms with Crippen molar-refractivity contribution in [1.82, 2.24) is 0 Å². The molecular formula is C12H6BrF3N2. The average Bonchev–Trinajstić information content (AvgIpc) is 2.34. The minimum Gasteiger partial charge on any atom is -0.192 e. The first-order valence-corrected chi connectivity index (χ1v) is 5.82. The minimum atomic E-state index is -4.47. The third kappa shape index (κ3) is 3.35. The molecule has 0 N–H and O–H groups in total. The molecule has 0 aliphatic rings. The quantitative estimate of drug-likeness (QED) is 0.611. The summed E-state index contributed by atoms with van der Waals surface area (Å²) in [5.74, 6) is 0. The van der Waals surface area contributed by atoms with E-state index in [1.165, 1.54) is 12.1 Å². The van der Waals surface area contributed by atoms with E-state index >= 15 is 0 Å². The molecule has 0 radical (unpaired) electrons. The average molecular weight is 315 g/mol. The summed E-state index contributed by atoms with van der Waals surface area (Å²) in [6.45, 7) is 0. The maximum absolute atomic E-state index is 12.7. The Bertz CT molecular complexity index is 546. The molecule has 0 atom stereocenters. The van der Waals surface area contributed by atoms with Gasteiger partial charge in [-0.05, 0) is 23.3 Å². The van der Waals surface area contributed by atoms with E-state index in [-0.39, 0.29) is 22.0 Å². The number of hydrogen-bond acceptors (Lipinski definition) is 2. The van der Waals surface area contributed by atoms with E-state index in [2.05, 4.69) is 15.9 Å². The van der Waals surface area contributed by atoms with Gasteiger partial charge in [-0.1, -0.05) is 28.1 Å². The Labute approximate surface area is 110 Å². The van der Waals surface area contributed by atoms with E-state index in [0.29, 0.717) is 0 Å². The summed E-state index contributed by atoms with van der Waals surface area (Å²) < 4.78 is 38.2. The van der Waals surface area contributed by atoms with Crippen molar-refractivity contribution in [2.45, 2.75) is 11.5 Å². The molecule has 1 aromatic carbocycles. The zero-order valence-corrected chi connectivity index (χ0v) is 10.5. The second-order valence-electron chi connectivity index (χ2n) is 3.33. The van der Waals surface area contributed by atoms with Crippen LogP contribution in [0.5, 0.6) is 0 Å². The van der Waals surface area contributed by atoms with E-state index in [0.717, 1.165) is 12.1 Å². The van der Waals surface area contributed by atoms with Gasteiger partial charge in [-0.3, -0.25) is 0 Å². The molecule has 0 saturated carbocycles. The summed E-state index contributed by atoms with van der Waals surface area (Å²) in [6, 6.07) is 6.86. The Hall–Kier alpha value is -1.79. The fourth-order valence-electron chi connectivity index (χ4n) is 1.32. The van der Waals surface area contributed by atoms with E-state index in [1.54, 1.807) is 12.1 Å². The lowest BCUT2D eigenvalue weighted by Crippen LogP contribution is -2.08. The first kappa shape index (κ1) is 14.3. The van der Waals surface area contributed by atoms with Crippen LogP contribution in [-0.4, -0.2) is 0 Å². The summed E-state index contributed by atoms with van der Waals surface area (Å²) in [5.41, 5.74) is -0.738. The van der Waals surface area contributed by atoms with E-state index in [1.807, 2.05) is 0 Å². The number of hydrogen-bond donors (Lipinski definition) is 0. The van der Waals surface area contributed by atoms with Crippen LogP contribution in [0.1, 0.15) is 16.7 Å². The fourth-order valence-corrected chi connectivity index (χ4v) is 1.81. The molecule has 0 unspecified atom stereocenters. The highest BCUT2D eigenvalue weighted by Gasteiger charge is 2.33. The van der Waals surface area contributed by atoms with Gasteiger partial charge >= 0.3 is 6.18 Å². The number of benzene rings is 1. The second-order valence-corrected chi connectivity index (χ2v) is 3.89. The Morgan fingerprint density at radius 3 is 2.33 bits per heavy atom. The molecule has 0 aliphatic carbocycles. The number of nitrogens with zero attached hydrogens (tertiary/aromatic N) is 2. The van der Waals surface area contributed by atoms with Gasteiger partial charge in [-0.2, -0.15) is 23.7 Å². The molecule has 0 bridgehead atoms. The van der Waals surface area contributed by atoms with Gasteiger partial charge < -0.3 is 0 Å². The Balaban J connectivity index is 3.34. The Kier molecular flexibility index (Phi) is 4.52. The van der Waals surface area contributed by atoms with Crippen LogP contribution in [0.25, 0.3) is 6.08 Å². The van der Waals surface area contributed by atoms with Crippen LogP contribution < -0.4 is 0 Å². The van der Waals surface area contributed by atoms with Crippen LogP contribution in [0.3, 0.4) is 0 Å². The van der Waals surface area contributed by atoms with E-state index < -0.39 is 11.7 Å². The molecule has 0 amide bonds. The highest BCUT2D eigenvalue weighted by molar-refractivity contribution is 9.08. The fraction of sp³-hybridized carbons (Fsp3) is 0.167. The van der Waals surface area contributed by atoms with Crippen LogP contribution in [-0.2, 0) is 11.5 Å². The predicted octanol–water partition coefficient (Wildman–Crippen LogP) is 4.03. The summed E-state index contributed by atoms with van der Waals surface area (Å²) in [5, 5.41) is 17.2. The molecule has 6 heteroatoms. The molecule has 1 aromatic rings. The molecule has 0 heterocycles. The van der Waals surface area contributed by atoms with Crippen molar-refractivity contribution in [1.29, 1.82) is 10.5 Å². The third-order valence-electron chi connectivity index (χ3n) is 2.14. The maximum Gasteiger partial charge on any atom is 0.416 e. The van der Waals surface area contributed by atoms with E-state index in [9.17, 15) is 13.2 Å². The van der Waals surface area contributed by atoms with Gasteiger partial charge in [0.2, 0.25) is 0 Å². The third-order valence-corrected chi connectivity index (χ3v) is 2.74. The number of alkyl halides is 4. The Morgan fingerprint density at radius 2 is 1.89 bits per heavy atom. The first-order chi connectivity index (χ1) is 8.42. The molecule has 92 valence electrons. The van der Waals surface area contributed by atoms with Gasteiger partial charge in [-0.25, -0.2) is 0 Å². The second kappa shape index (κ2) is 5.70. The maximum atomic E-state index is 12.7. The summed E-state index contributed by atoms with van der Waals surface area (Å²) in [4.78, 5) is 0. The molecule has 1 rings (SSSR count). The molecule has 2 nitrogen and oxygen atoms in total. The van der Waals surface area contributed by atoms with Gasteiger partial charge in [0.1, 0.15) is 17.7 Å². The van der Waals surface area contributed by atoms with Crippen molar-refractivity contribution in [3.8, 4) is 12.1 Å². The van der Waals surface area contributed by atoms with Crippen molar-refractivity contribution in [3.05, 3.63) is 40.5 Å². The van der Waals surface area contributed by atoms with Crippen molar-refractivity contribution in [3.63, 3.8) is 0 Å². The van der Waals surface area contributed by atoms with Crippen LogP contribution in [0.4, 0.5) is 13.2 Å². The monoisotopic (exact) mass is 314 g/mol. The normalized spacial score (nSPS) is 10.3. The zero-order chi connectivity index (χ0) is 13.8. The number of halogens is 4. The van der Waals surface area contributed by atoms with Gasteiger partial charge in [0, 0.05) is 5.33 Å². The Morgan fingerprint density at radius 1 is 1.28 bits per heavy atom. The van der Waals surface area contributed by atoms with E-state index in [4.69, 9.17) is 10.5 Å². The lowest BCUT2D eigenvalue weighted by Gasteiger charge is -2.11. The van der Waals surface area contributed by atoms with Crippen LogP contribution in [0.2, 0.25) is 0 Å². The van der Waals surface area contributed by atoms with Crippen molar-refractivity contribution in [2.24, 2.45) is 0 Å². The predicted molar refractivity (Wildman–Crippen MR) is 63.3 cm³/mol. The molecule has 0 spiro atoms. The topological polar surface area (TPSA) is 47.6 Å². The van der Waals surface area contributed by atoms with Crippen molar-refractivity contribution >= 4 is 22.0 Å². The van der Waals surface area contributed by atoms with Gasteiger partial charge in [0.25, 0.3) is 0 Å².